The van der Waals surface area contributed by atoms with E-state index in [1.165, 1.54) is 12.1 Å². The molecule has 0 radical (unpaired) electrons. The molecule has 0 aliphatic carbocycles. The van der Waals surface area contributed by atoms with Crippen LogP contribution in [-0.4, -0.2) is 24.8 Å². The zero-order valence-electron chi connectivity index (χ0n) is 12.4. The van der Waals surface area contributed by atoms with Crippen molar-refractivity contribution in [2.45, 2.75) is 11.3 Å². The Kier molecular flexibility index (Phi) is 7.23. The fraction of sp³-hybridized carbons (Fsp3) is 0.235. The molecule has 2 aromatic carbocycles. The zero-order chi connectivity index (χ0) is 16.5. The van der Waals surface area contributed by atoms with Crippen LogP contribution < -0.4 is 10.1 Å². The number of carbonyl (C=O) groups is 1. The van der Waals surface area contributed by atoms with Gasteiger partial charge in [0.2, 0.25) is 0 Å². The highest BCUT2D eigenvalue weighted by atomic mass is 35.5. The van der Waals surface area contributed by atoms with Gasteiger partial charge < -0.3 is 10.1 Å². The minimum atomic E-state index is -0.234. The van der Waals surface area contributed by atoms with Crippen LogP contribution in [0.4, 0.5) is 4.39 Å². The number of thioether (sulfide) groups is 1. The lowest BCUT2D eigenvalue weighted by molar-refractivity contribution is -0.123. The molecule has 0 aromatic heterocycles. The zero-order valence-corrected chi connectivity index (χ0v) is 14.0. The SMILES string of the molecule is O=C(COc1ccc(Cl)cc1)NCCCSc1ccc(F)cc1. The van der Waals surface area contributed by atoms with Crippen LogP contribution in [0.1, 0.15) is 6.42 Å². The third-order valence-electron chi connectivity index (χ3n) is 2.91. The Balaban J connectivity index is 1.56. The molecule has 0 saturated heterocycles. The molecule has 0 aliphatic rings. The molecule has 0 aliphatic heterocycles. The molecule has 0 atom stereocenters. The van der Waals surface area contributed by atoms with Gasteiger partial charge in [0.1, 0.15) is 11.6 Å². The predicted octanol–water partition coefficient (Wildman–Crippen LogP) is 4.16. The topological polar surface area (TPSA) is 38.3 Å². The molecule has 0 spiro atoms. The number of nitrogens with one attached hydrogen (secondary N) is 1. The van der Waals surface area contributed by atoms with E-state index in [1.807, 2.05) is 0 Å². The molecule has 0 saturated carbocycles. The van der Waals surface area contributed by atoms with Crippen LogP contribution in [0, 0.1) is 5.82 Å². The number of rotatable bonds is 8. The van der Waals surface area contributed by atoms with Gasteiger partial charge >= 0.3 is 0 Å². The molecular formula is C17H17ClFNO2S. The number of hydrogen-bond acceptors (Lipinski definition) is 3. The van der Waals surface area contributed by atoms with E-state index in [-0.39, 0.29) is 18.3 Å². The maximum absolute atomic E-state index is 12.8. The quantitative estimate of drug-likeness (QED) is 0.572. The van der Waals surface area contributed by atoms with Gasteiger partial charge in [-0.2, -0.15) is 0 Å². The van der Waals surface area contributed by atoms with E-state index in [0.29, 0.717) is 17.3 Å². The molecule has 1 N–H and O–H groups in total. The number of halogens is 2. The highest BCUT2D eigenvalue weighted by Crippen LogP contribution is 2.18. The molecule has 0 heterocycles. The Morgan fingerprint density at radius 1 is 1.13 bits per heavy atom. The van der Waals surface area contributed by atoms with Gasteiger partial charge in [-0.3, -0.25) is 4.79 Å². The van der Waals surface area contributed by atoms with Crippen LogP contribution in [0.2, 0.25) is 5.02 Å². The second-order valence-corrected chi connectivity index (χ2v) is 6.35. The van der Waals surface area contributed by atoms with Crippen molar-refractivity contribution < 1.29 is 13.9 Å². The summed E-state index contributed by atoms with van der Waals surface area (Å²) in [4.78, 5) is 12.7. The van der Waals surface area contributed by atoms with Crippen LogP contribution in [0.5, 0.6) is 5.75 Å². The molecule has 23 heavy (non-hydrogen) atoms. The summed E-state index contributed by atoms with van der Waals surface area (Å²) in [6.45, 7) is 0.559. The average molecular weight is 354 g/mol. The van der Waals surface area contributed by atoms with Crippen molar-refractivity contribution in [1.82, 2.24) is 5.32 Å². The first kappa shape index (κ1) is 17.6. The summed E-state index contributed by atoms with van der Waals surface area (Å²) < 4.78 is 18.1. The van der Waals surface area contributed by atoms with Crippen molar-refractivity contribution in [1.29, 1.82) is 0 Å². The third kappa shape index (κ3) is 6.93. The Hall–Kier alpha value is -1.72. The Labute approximate surface area is 144 Å². The summed E-state index contributed by atoms with van der Waals surface area (Å²) >= 11 is 7.40. The fourth-order valence-corrected chi connectivity index (χ4v) is 2.73. The fourth-order valence-electron chi connectivity index (χ4n) is 1.75. The highest BCUT2D eigenvalue weighted by Gasteiger charge is 2.02. The first-order valence-electron chi connectivity index (χ1n) is 7.17. The van der Waals surface area contributed by atoms with E-state index < -0.39 is 0 Å². The molecule has 2 aromatic rings. The minimum absolute atomic E-state index is 0.0211. The van der Waals surface area contributed by atoms with E-state index in [0.717, 1.165) is 17.1 Å². The Bertz CT molecular complexity index is 619. The van der Waals surface area contributed by atoms with Crippen molar-refractivity contribution in [3.63, 3.8) is 0 Å². The highest BCUT2D eigenvalue weighted by molar-refractivity contribution is 7.99. The smallest absolute Gasteiger partial charge is 0.257 e. The lowest BCUT2D eigenvalue weighted by atomic mass is 10.3. The van der Waals surface area contributed by atoms with Gasteiger partial charge in [0, 0.05) is 16.5 Å². The lowest BCUT2D eigenvalue weighted by Gasteiger charge is -2.07. The van der Waals surface area contributed by atoms with Gasteiger partial charge in [-0.15, -0.1) is 11.8 Å². The summed E-state index contributed by atoms with van der Waals surface area (Å²) in [5, 5.41) is 3.42. The summed E-state index contributed by atoms with van der Waals surface area (Å²) in [7, 11) is 0. The second kappa shape index (κ2) is 9.43. The van der Waals surface area contributed by atoms with E-state index in [1.54, 1.807) is 48.2 Å². The summed E-state index contributed by atoms with van der Waals surface area (Å²) in [6, 6.07) is 13.2. The van der Waals surface area contributed by atoms with Crippen LogP contribution in [0.15, 0.2) is 53.4 Å². The molecule has 122 valence electrons. The summed E-state index contributed by atoms with van der Waals surface area (Å²) in [6.07, 6.45) is 0.828. The Morgan fingerprint density at radius 3 is 2.52 bits per heavy atom. The third-order valence-corrected chi connectivity index (χ3v) is 4.26. The molecule has 0 unspecified atom stereocenters. The molecule has 2 rings (SSSR count). The molecule has 0 fully saturated rings. The van der Waals surface area contributed by atoms with Gasteiger partial charge in [0.25, 0.3) is 5.91 Å². The molecule has 6 heteroatoms. The normalized spacial score (nSPS) is 10.3. The minimum Gasteiger partial charge on any atom is -0.484 e. The van der Waals surface area contributed by atoms with E-state index >= 15 is 0 Å². The molecular weight excluding hydrogens is 337 g/mol. The van der Waals surface area contributed by atoms with Gasteiger partial charge in [-0.1, -0.05) is 11.6 Å². The van der Waals surface area contributed by atoms with Crippen molar-refractivity contribution in [3.05, 3.63) is 59.4 Å². The van der Waals surface area contributed by atoms with Gasteiger partial charge in [0.15, 0.2) is 6.61 Å². The second-order valence-electron chi connectivity index (χ2n) is 4.75. The first-order chi connectivity index (χ1) is 11.1. The van der Waals surface area contributed by atoms with Gasteiger partial charge in [-0.25, -0.2) is 4.39 Å². The van der Waals surface area contributed by atoms with Crippen LogP contribution in [0.3, 0.4) is 0 Å². The molecule has 1 amide bonds. The van der Waals surface area contributed by atoms with Gasteiger partial charge in [-0.05, 0) is 60.7 Å². The van der Waals surface area contributed by atoms with Crippen molar-refractivity contribution in [3.8, 4) is 5.75 Å². The van der Waals surface area contributed by atoms with E-state index in [4.69, 9.17) is 16.3 Å². The Morgan fingerprint density at radius 2 is 1.83 bits per heavy atom. The van der Waals surface area contributed by atoms with Crippen LogP contribution >= 0.6 is 23.4 Å². The number of amides is 1. The summed E-state index contributed by atoms with van der Waals surface area (Å²) in [5.74, 6) is 1.06. The van der Waals surface area contributed by atoms with E-state index in [2.05, 4.69) is 5.32 Å². The van der Waals surface area contributed by atoms with Gasteiger partial charge in [0.05, 0.1) is 0 Å². The maximum atomic E-state index is 12.8. The van der Waals surface area contributed by atoms with Crippen molar-refractivity contribution >= 4 is 29.3 Å². The van der Waals surface area contributed by atoms with Crippen molar-refractivity contribution in [2.24, 2.45) is 0 Å². The molecule has 3 nitrogen and oxygen atoms in total. The number of ether oxygens (including phenoxy) is 1. The number of benzene rings is 2. The lowest BCUT2D eigenvalue weighted by Crippen LogP contribution is -2.29. The largest absolute Gasteiger partial charge is 0.484 e. The predicted molar refractivity (Wildman–Crippen MR) is 91.7 cm³/mol. The first-order valence-corrected chi connectivity index (χ1v) is 8.53. The van der Waals surface area contributed by atoms with E-state index in [9.17, 15) is 9.18 Å². The standard InChI is InChI=1S/C17H17ClFNO2S/c18-13-2-6-15(7-3-13)22-12-17(21)20-10-1-11-23-16-8-4-14(19)5-9-16/h2-9H,1,10-12H2,(H,20,21). The summed E-state index contributed by atoms with van der Waals surface area (Å²) in [5.41, 5.74) is 0. The van der Waals surface area contributed by atoms with Crippen LogP contribution in [-0.2, 0) is 4.79 Å². The number of carbonyl (C=O) groups excluding carboxylic acids is 1. The average Bonchev–Trinajstić information content (AvgIpc) is 2.56. The van der Waals surface area contributed by atoms with Crippen LogP contribution in [0.25, 0.3) is 0 Å². The maximum Gasteiger partial charge on any atom is 0.257 e. The van der Waals surface area contributed by atoms with Crippen molar-refractivity contribution in [2.75, 3.05) is 18.9 Å². The molecule has 0 bridgehead atoms. The monoisotopic (exact) mass is 353 g/mol. The number of hydrogen-bond donors (Lipinski definition) is 1.